The molecule has 1 N–H and O–H groups in total. The quantitative estimate of drug-likeness (QED) is 0.493. The second-order valence-corrected chi connectivity index (χ2v) is 8.99. The lowest BCUT2D eigenvalue weighted by atomic mass is 10.1. The van der Waals surface area contributed by atoms with Crippen molar-refractivity contribution in [2.24, 2.45) is 0 Å². The van der Waals surface area contributed by atoms with Gasteiger partial charge in [-0.3, -0.25) is 10.1 Å². The third kappa shape index (κ3) is 3.28. The molecule has 1 aliphatic rings. The van der Waals surface area contributed by atoms with Crippen LogP contribution >= 0.6 is 11.3 Å². The van der Waals surface area contributed by atoms with Crippen LogP contribution in [0.4, 0.5) is 5.13 Å². The number of anilines is 1. The summed E-state index contributed by atoms with van der Waals surface area (Å²) in [5.41, 5.74) is 2.72. The summed E-state index contributed by atoms with van der Waals surface area (Å²) in [5, 5.41) is 17.9. The molecule has 8 nitrogen and oxygen atoms in total. The number of hydrogen-bond donors (Lipinski definition) is 1. The lowest BCUT2D eigenvalue weighted by Crippen LogP contribution is -2.13. The Kier molecular flexibility index (Phi) is 4.43. The number of carbonyl (C=O) groups is 1. The third-order valence-electron chi connectivity index (χ3n) is 5.21. The van der Waals surface area contributed by atoms with E-state index in [1.807, 2.05) is 38.4 Å². The van der Waals surface area contributed by atoms with Gasteiger partial charge in [0.25, 0.3) is 5.91 Å². The third-order valence-corrected chi connectivity index (χ3v) is 6.21. The summed E-state index contributed by atoms with van der Waals surface area (Å²) in [6.45, 7) is 7.87. The van der Waals surface area contributed by atoms with Crippen LogP contribution in [-0.4, -0.2) is 30.9 Å². The van der Waals surface area contributed by atoms with Gasteiger partial charge >= 0.3 is 0 Å². The molecule has 0 saturated heterocycles. The maximum absolute atomic E-state index is 13.2. The lowest BCUT2D eigenvalue weighted by Gasteiger charge is -2.10. The van der Waals surface area contributed by atoms with Crippen LogP contribution in [0.2, 0.25) is 0 Å². The Hall–Kier alpha value is -3.07. The molecule has 1 aliphatic carbocycles. The minimum atomic E-state index is -0.247. The van der Waals surface area contributed by atoms with Crippen LogP contribution in [0.5, 0.6) is 0 Å². The Balaban J connectivity index is 1.59. The molecule has 154 valence electrons. The van der Waals surface area contributed by atoms with Crippen molar-refractivity contribution in [1.82, 2.24) is 25.0 Å². The van der Waals surface area contributed by atoms with Crippen molar-refractivity contribution in [3.8, 4) is 11.3 Å². The second kappa shape index (κ2) is 7.02. The van der Waals surface area contributed by atoms with Crippen LogP contribution in [0, 0.1) is 13.8 Å². The fourth-order valence-corrected chi connectivity index (χ4v) is 4.46. The van der Waals surface area contributed by atoms with E-state index in [4.69, 9.17) is 9.40 Å². The number of nitrogens with one attached hydrogen (secondary N) is 1. The number of hydrogen-bond acceptors (Lipinski definition) is 7. The number of nitrogens with zero attached hydrogens (tertiary/aromatic N) is 5. The van der Waals surface area contributed by atoms with E-state index in [0.29, 0.717) is 33.3 Å². The first-order valence-electron chi connectivity index (χ1n) is 10.0. The van der Waals surface area contributed by atoms with Gasteiger partial charge in [-0.05, 0) is 52.7 Å². The molecule has 4 heterocycles. The van der Waals surface area contributed by atoms with Crippen molar-refractivity contribution in [1.29, 1.82) is 0 Å². The second-order valence-electron chi connectivity index (χ2n) is 7.98. The summed E-state index contributed by atoms with van der Waals surface area (Å²) in [4.78, 5) is 18.0. The van der Waals surface area contributed by atoms with Crippen LogP contribution in [-0.2, 0) is 0 Å². The van der Waals surface area contributed by atoms with Gasteiger partial charge in [0.05, 0.1) is 22.8 Å². The van der Waals surface area contributed by atoms with Gasteiger partial charge in [0.2, 0.25) is 5.13 Å². The molecule has 0 radical (unpaired) electrons. The molecule has 0 aliphatic heterocycles. The first-order chi connectivity index (χ1) is 14.4. The summed E-state index contributed by atoms with van der Waals surface area (Å²) < 4.78 is 7.52. The highest BCUT2D eigenvalue weighted by Crippen LogP contribution is 2.42. The van der Waals surface area contributed by atoms with Crippen LogP contribution < -0.4 is 5.32 Å². The molecule has 4 aromatic heterocycles. The van der Waals surface area contributed by atoms with E-state index >= 15 is 0 Å². The standard InChI is InChI=1S/C21H22N6O2S/c1-10(2)27-18-16(9-22-27)15(8-17(23-18)14-7-11(3)29-12(14)4)19(28)24-21-26-25-20(30-21)13-5-6-13/h7-10,13H,5-6H2,1-4H3,(H,24,26,28). The Morgan fingerprint density at radius 2 is 2.07 bits per heavy atom. The van der Waals surface area contributed by atoms with E-state index in [1.54, 1.807) is 12.3 Å². The Labute approximate surface area is 177 Å². The zero-order valence-corrected chi connectivity index (χ0v) is 18.1. The minimum absolute atomic E-state index is 0.109. The average Bonchev–Trinajstić information content (AvgIpc) is 3.13. The molecule has 0 bridgehead atoms. The number of pyridine rings is 1. The fourth-order valence-electron chi connectivity index (χ4n) is 3.55. The average molecular weight is 423 g/mol. The van der Waals surface area contributed by atoms with Gasteiger partial charge in [0.15, 0.2) is 5.65 Å². The molecule has 0 atom stereocenters. The van der Waals surface area contributed by atoms with E-state index in [-0.39, 0.29) is 11.9 Å². The van der Waals surface area contributed by atoms with Crippen LogP contribution in [0.3, 0.4) is 0 Å². The van der Waals surface area contributed by atoms with E-state index in [0.717, 1.165) is 34.9 Å². The number of fused-ring (bicyclic) bond motifs is 1. The van der Waals surface area contributed by atoms with E-state index in [9.17, 15) is 4.79 Å². The first-order valence-corrected chi connectivity index (χ1v) is 10.8. The number of aromatic nitrogens is 5. The summed E-state index contributed by atoms with van der Waals surface area (Å²) in [6, 6.07) is 3.84. The summed E-state index contributed by atoms with van der Waals surface area (Å²) in [5.74, 6) is 1.82. The number of furan rings is 1. The molecule has 1 fully saturated rings. The number of rotatable bonds is 5. The normalized spacial score (nSPS) is 14.0. The highest BCUT2D eigenvalue weighted by Gasteiger charge is 2.28. The maximum Gasteiger partial charge on any atom is 0.258 e. The van der Waals surface area contributed by atoms with Gasteiger partial charge in [-0.15, -0.1) is 10.2 Å². The fraction of sp³-hybridized carbons (Fsp3) is 0.381. The number of amides is 1. The van der Waals surface area contributed by atoms with Crippen LogP contribution in [0.1, 0.15) is 65.5 Å². The number of carbonyl (C=O) groups excluding carboxylic acids is 1. The SMILES string of the molecule is Cc1cc(-c2cc(C(=O)Nc3nnc(C4CC4)s3)c3cnn(C(C)C)c3n2)c(C)o1. The highest BCUT2D eigenvalue weighted by atomic mass is 32.1. The predicted octanol–water partition coefficient (Wildman–Crippen LogP) is 4.87. The summed E-state index contributed by atoms with van der Waals surface area (Å²) >= 11 is 1.44. The Morgan fingerprint density at radius 3 is 2.73 bits per heavy atom. The van der Waals surface area contributed by atoms with Gasteiger partial charge in [-0.2, -0.15) is 5.10 Å². The van der Waals surface area contributed by atoms with E-state index in [1.165, 1.54) is 11.3 Å². The van der Waals surface area contributed by atoms with E-state index in [2.05, 4.69) is 20.6 Å². The molecule has 0 aromatic carbocycles. The van der Waals surface area contributed by atoms with Crippen molar-refractivity contribution >= 4 is 33.4 Å². The minimum Gasteiger partial charge on any atom is -0.466 e. The van der Waals surface area contributed by atoms with Gasteiger partial charge in [0, 0.05) is 17.5 Å². The molecule has 1 saturated carbocycles. The molecular formula is C21H22N6O2S. The Morgan fingerprint density at radius 1 is 1.27 bits per heavy atom. The molecular weight excluding hydrogens is 400 g/mol. The maximum atomic E-state index is 13.2. The molecule has 1 amide bonds. The molecule has 4 aromatic rings. The van der Waals surface area contributed by atoms with E-state index < -0.39 is 0 Å². The first kappa shape index (κ1) is 18.9. The zero-order chi connectivity index (χ0) is 21.0. The lowest BCUT2D eigenvalue weighted by molar-refractivity contribution is 0.102. The Bertz CT molecular complexity index is 1260. The van der Waals surface area contributed by atoms with Crippen molar-refractivity contribution in [2.45, 2.75) is 52.5 Å². The van der Waals surface area contributed by atoms with Crippen molar-refractivity contribution < 1.29 is 9.21 Å². The molecule has 0 spiro atoms. The van der Waals surface area contributed by atoms with Crippen LogP contribution in [0.25, 0.3) is 22.3 Å². The van der Waals surface area contributed by atoms with Crippen molar-refractivity contribution in [3.63, 3.8) is 0 Å². The van der Waals surface area contributed by atoms with Crippen molar-refractivity contribution in [3.05, 3.63) is 40.4 Å². The van der Waals surface area contributed by atoms with Gasteiger partial charge in [0.1, 0.15) is 16.5 Å². The summed E-state index contributed by atoms with van der Waals surface area (Å²) in [6.07, 6.45) is 3.99. The molecule has 0 unspecified atom stereocenters. The smallest absolute Gasteiger partial charge is 0.258 e. The highest BCUT2D eigenvalue weighted by molar-refractivity contribution is 7.15. The van der Waals surface area contributed by atoms with Crippen LogP contribution in [0.15, 0.2) is 22.7 Å². The molecule has 9 heteroatoms. The monoisotopic (exact) mass is 422 g/mol. The van der Waals surface area contributed by atoms with Crippen molar-refractivity contribution in [2.75, 3.05) is 5.32 Å². The summed E-state index contributed by atoms with van der Waals surface area (Å²) in [7, 11) is 0. The van der Waals surface area contributed by atoms with Gasteiger partial charge in [-0.1, -0.05) is 11.3 Å². The van der Waals surface area contributed by atoms with Gasteiger partial charge < -0.3 is 4.42 Å². The molecule has 30 heavy (non-hydrogen) atoms. The largest absolute Gasteiger partial charge is 0.466 e. The number of aryl methyl sites for hydroxylation is 2. The zero-order valence-electron chi connectivity index (χ0n) is 17.3. The predicted molar refractivity (Wildman–Crippen MR) is 115 cm³/mol. The molecule has 5 rings (SSSR count). The van der Waals surface area contributed by atoms with Gasteiger partial charge in [-0.25, -0.2) is 9.67 Å². The topological polar surface area (TPSA) is 98.7 Å².